The predicted octanol–water partition coefficient (Wildman–Crippen LogP) is 2.52. The Kier molecular flexibility index (Phi) is 2.00. The van der Waals surface area contributed by atoms with E-state index in [1.165, 1.54) is 0 Å². The van der Waals surface area contributed by atoms with Crippen molar-refractivity contribution in [1.29, 1.82) is 0 Å². The Bertz CT molecular complexity index is 492. The lowest BCUT2D eigenvalue weighted by Gasteiger charge is -2.29. The maximum atomic E-state index is 11.6. The highest BCUT2D eigenvalue weighted by Crippen LogP contribution is 2.33. The van der Waals surface area contributed by atoms with Crippen molar-refractivity contribution in [1.82, 2.24) is 0 Å². The molecule has 3 heteroatoms. The molecule has 0 aliphatic carbocycles. The van der Waals surface area contributed by atoms with Gasteiger partial charge in [-0.25, -0.2) is 4.79 Å². The number of fused-ring (bicyclic) bond motifs is 1. The van der Waals surface area contributed by atoms with Crippen molar-refractivity contribution in [3.63, 3.8) is 0 Å². The molecule has 0 atom stereocenters. The standard InChI is InChI=1S/C12H14O3/c1-7-6-12(3,4)15-9-5-8(2)14-11(13)10(7)9/h5-6H,1-4H3. The van der Waals surface area contributed by atoms with E-state index in [0.29, 0.717) is 17.1 Å². The molecule has 2 rings (SSSR count). The van der Waals surface area contributed by atoms with Gasteiger partial charge in [-0.15, -0.1) is 0 Å². The van der Waals surface area contributed by atoms with Crippen molar-refractivity contribution in [3.8, 4) is 5.75 Å². The summed E-state index contributed by atoms with van der Waals surface area (Å²) in [6, 6.07) is 1.76. The number of hydrogen-bond acceptors (Lipinski definition) is 3. The van der Waals surface area contributed by atoms with Gasteiger partial charge in [0.25, 0.3) is 0 Å². The van der Waals surface area contributed by atoms with Crippen molar-refractivity contribution < 1.29 is 9.15 Å². The zero-order valence-electron chi connectivity index (χ0n) is 9.38. The first-order valence-corrected chi connectivity index (χ1v) is 4.93. The molecule has 0 aromatic carbocycles. The van der Waals surface area contributed by atoms with Crippen LogP contribution >= 0.6 is 0 Å². The molecule has 0 saturated heterocycles. The molecule has 1 aliphatic rings. The fourth-order valence-electron chi connectivity index (χ4n) is 1.93. The molecule has 80 valence electrons. The minimum atomic E-state index is -0.364. The summed E-state index contributed by atoms with van der Waals surface area (Å²) in [6.45, 7) is 7.56. The summed E-state index contributed by atoms with van der Waals surface area (Å²) in [6.07, 6.45) is 1.93. The summed E-state index contributed by atoms with van der Waals surface area (Å²) in [5.41, 5.74) is 0.765. The minimum Gasteiger partial charge on any atom is -0.483 e. The van der Waals surface area contributed by atoms with Crippen molar-refractivity contribution in [2.24, 2.45) is 0 Å². The average molecular weight is 206 g/mol. The van der Waals surface area contributed by atoms with Gasteiger partial charge < -0.3 is 9.15 Å². The van der Waals surface area contributed by atoms with Crippen LogP contribution in [0, 0.1) is 6.92 Å². The first kappa shape index (κ1) is 10.0. The minimum absolute atomic E-state index is 0.325. The van der Waals surface area contributed by atoms with Crippen LogP contribution in [0.4, 0.5) is 0 Å². The number of ether oxygens (including phenoxy) is 1. The maximum Gasteiger partial charge on any atom is 0.347 e. The number of aryl methyl sites for hydroxylation is 1. The third-order valence-electron chi connectivity index (χ3n) is 2.37. The van der Waals surface area contributed by atoms with Crippen molar-refractivity contribution >= 4 is 5.57 Å². The zero-order chi connectivity index (χ0) is 11.2. The molecule has 0 fully saturated rings. The first-order valence-electron chi connectivity index (χ1n) is 4.93. The van der Waals surface area contributed by atoms with Crippen LogP contribution in [-0.2, 0) is 0 Å². The SMILES string of the molecule is CC1=CC(C)(C)Oc2cc(C)oc(=O)c21. The van der Waals surface area contributed by atoms with Gasteiger partial charge in [0.15, 0.2) is 0 Å². The second-order valence-electron chi connectivity index (χ2n) is 4.42. The van der Waals surface area contributed by atoms with Gasteiger partial charge in [-0.05, 0) is 39.3 Å². The van der Waals surface area contributed by atoms with Gasteiger partial charge in [-0.1, -0.05) is 0 Å². The normalized spacial score (nSPS) is 17.7. The van der Waals surface area contributed by atoms with Gasteiger partial charge in [0.1, 0.15) is 22.7 Å². The van der Waals surface area contributed by atoms with E-state index in [-0.39, 0.29) is 11.2 Å². The Hall–Kier alpha value is -1.51. The van der Waals surface area contributed by atoms with Crippen molar-refractivity contribution in [3.05, 3.63) is 33.9 Å². The molecule has 2 heterocycles. The van der Waals surface area contributed by atoms with E-state index in [0.717, 1.165) is 5.57 Å². The third kappa shape index (κ3) is 1.69. The van der Waals surface area contributed by atoms with Gasteiger partial charge in [-0.3, -0.25) is 0 Å². The summed E-state index contributed by atoms with van der Waals surface area (Å²) >= 11 is 0. The fourth-order valence-corrected chi connectivity index (χ4v) is 1.93. The van der Waals surface area contributed by atoms with Gasteiger partial charge in [0, 0.05) is 6.07 Å². The molecular weight excluding hydrogens is 192 g/mol. The van der Waals surface area contributed by atoms with Crippen LogP contribution in [0.3, 0.4) is 0 Å². The molecule has 0 radical (unpaired) electrons. The molecule has 0 N–H and O–H groups in total. The summed E-state index contributed by atoms with van der Waals surface area (Å²) in [5, 5.41) is 0. The van der Waals surface area contributed by atoms with E-state index in [4.69, 9.17) is 9.15 Å². The smallest absolute Gasteiger partial charge is 0.347 e. The Balaban J connectivity index is 2.70. The fraction of sp³-hybridized carbons (Fsp3) is 0.417. The predicted molar refractivity (Wildman–Crippen MR) is 58.1 cm³/mol. The number of hydrogen-bond donors (Lipinski definition) is 0. The first-order chi connectivity index (χ1) is 6.89. The molecule has 0 unspecified atom stereocenters. The zero-order valence-corrected chi connectivity index (χ0v) is 9.38. The largest absolute Gasteiger partial charge is 0.483 e. The van der Waals surface area contributed by atoms with Crippen LogP contribution in [0.1, 0.15) is 32.1 Å². The lowest BCUT2D eigenvalue weighted by Crippen LogP contribution is -2.30. The summed E-state index contributed by atoms with van der Waals surface area (Å²) < 4.78 is 10.8. The molecule has 3 nitrogen and oxygen atoms in total. The van der Waals surface area contributed by atoms with Crippen molar-refractivity contribution in [2.45, 2.75) is 33.3 Å². The summed E-state index contributed by atoms with van der Waals surface area (Å²) in [5.74, 6) is 1.19. The number of rotatable bonds is 0. The maximum absolute atomic E-state index is 11.6. The van der Waals surface area contributed by atoms with E-state index < -0.39 is 0 Å². The molecule has 0 spiro atoms. The molecule has 0 bridgehead atoms. The van der Waals surface area contributed by atoms with Crippen molar-refractivity contribution in [2.75, 3.05) is 0 Å². The van der Waals surface area contributed by atoms with Gasteiger partial charge in [0.05, 0.1) is 0 Å². The van der Waals surface area contributed by atoms with Gasteiger partial charge in [0.2, 0.25) is 0 Å². The van der Waals surface area contributed by atoms with Crippen LogP contribution in [0.2, 0.25) is 0 Å². The lowest BCUT2D eigenvalue weighted by atomic mass is 9.97. The highest BCUT2D eigenvalue weighted by molar-refractivity contribution is 5.70. The molecule has 0 saturated carbocycles. The van der Waals surface area contributed by atoms with E-state index in [2.05, 4.69) is 0 Å². The number of allylic oxidation sites excluding steroid dienone is 1. The quantitative estimate of drug-likeness (QED) is 0.654. The summed E-state index contributed by atoms with van der Waals surface area (Å²) in [7, 11) is 0. The highest BCUT2D eigenvalue weighted by Gasteiger charge is 2.27. The van der Waals surface area contributed by atoms with E-state index in [1.54, 1.807) is 13.0 Å². The van der Waals surface area contributed by atoms with Crippen LogP contribution in [0.5, 0.6) is 5.75 Å². The average Bonchev–Trinajstić information content (AvgIpc) is 1.97. The Morgan fingerprint density at radius 3 is 2.60 bits per heavy atom. The van der Waals surface area contributed by atoms with E-state index >= 15 is 0 Å². The second-order valence-corrected chi connectivity index (χ2v) is 4.42. The third-order valence-corrected chi connectivity index (χ3v) is 2.37. The Labute approximate surface area is 88.4 Å². The Morgan fingerprint density at radius 1 is 1.27 bits per heavy atom. The lowest BCUT2D eigenvalue weighted by molar-refractivity contribution is 0.155. The van der Waals surface area contributed by atoms with E-state index in [9.17, 15) is 4.79 Å². The van der Waals surface area contributed by atoms with Crippen LogP contribution in [0.15, 0.2) is 21.4 Å². The molecule has 15 heavy (non-hydrogen) atoms. The van der Waals surface area contributed by atoms with Crippen LogP contribution in [0.25, 0.3) is 5.57 Å². The Morgan fingerprint density at radius 2 is 1.93 bits per heavy atom. The molecule has 0 amide bonds. The molecule has 1 aromatic rings. The van der Waals surface area contributed by atoms with E-state index in [1.807, 2.05) is 26.8 Å². The molecule has 1 aromatic heterocycles. The van der Waals surface area contributed by atoms with Gasteiger partial charge >= 0.3 is 5.63 Å². The van der Waals surface area contributed by atoms with Gasteiger partial charge in [-0.2, -0.15) is 0 Å². The second kappa shape index (κ2) is 2.99. The monoisotopic (exact) mass is 206 g/mol. The highest BCUT2D eigenvalue weighted by atomic mass is 16.5. The summed E-state index contributed by atoms with van der Waals surface area (Å²) in [4.78, 5) is 11.6. The van der Waals surface area contributed by atoms with Crippen LogP contribution in [-0.4, -0.2) is 5.60 Å². The topological polar surface area (TPSA) is 39.4 Å². The molecule has 1 aliphatic heterocycles. The molecular formula is C12H14O3. The van der Waals surface area contributed by atoms with Crippen LogP contribution < -0.4 is 10.4 Å².